The van der Waals surface area contributed by atoms with Crippen LogP contribution < -0.4 is 11.1 Å². The van der Waals surface area contributed by atoms with Gasteiger partial charge in [-0.2, -0.15) is 0 Å². The van der Waals surface area contributed by atoms with E-state index in [4.69, 9.17) is 17.3 Å². The predicted molar refractivity (Wildman–Crippen MR) is 84.4 cm³/mol. The lowest BCUT2D eigenvalue weighted by molar-refractivity contribution is 0.575. The number of nitrogens with two attached hydrogens (primary N) is 1. The molecule has 2 nitrogen and oxygen atoms in total. The zero-order chi connectivity index (χ0) is 13.4. The average Bonchev–Trinajstić information content (AvgIpc) is 2.37. The summed E-state index contributed by atoms with van der Waals surface area (Å²) in [4.78, 5) is 0. The third-order valence-electron chi connectivity index (χ3n) is 2.98. The summed E-state index contributed by atoms with van der Waals surface area (Å²) in [6.45, 7) is 2.89. The fourth-order valence-electron chi connectivity index (χ4n) is 1.89. The number of unbranched alkanes of at least 4 members (excludes halogenated alkanes) is 3. The Kier molecular flexibility index (Phi) is 7.71. The molecule has 1 unspecified atom stereocenters. The molecule has 0 amide bonds. The molecule has 102 valence electrons. The average molecular weight is 334 g/mol. The minimum atomic E-state index is 0.343. The molecule has 0 aliphatic heterocycles. The molecule has 0 saturated carbocycles. The molecule has 0 spiro atoms. The minimum Gasteiger partial charge on any atom is -0.381 e. The largest absolute Gasteiger partial charge is 0.381 e. The maximum absolute atomic E-state index is 5.97. The van der Waals surface area contributed by atoms with Gasteiger partial charge < -0.3 is 11.1 Å². The lowest BCUT2D eigenvalue weighted by Crippen LogP contribution is -2.28. The molecule has 0 fully saturated rings. The molecule has 0 radical (unpaired) electrons. The van der Waals surface area contributed by atoms with Gasteiger partial charge in [-0.25, -0.2) is 0 Å². The van der Waals surface area contributed by atoms with Crippen molar-refractivity contribution in [1.29, 1.82) is 0 Å². The molecule has 3 N–H and O–H groups in total. The Labute approximate surface area is 123 Å². The molecule has 18 heavy (non-hydrogen) atoms. The van der Waals surface area contributed by atoms with Crippen molar-refractivity contribution in [2.24, 2.45) is 5.73 Å². The van der Waals surface area contributed by atoms with E-state index in [1.165, 1.54) is 25.7 Å². The molecule has 1 atom stereocenters. The molecular weight excluding hydrogens is 312 g/mol. The van der Waals surface area contributed by atoms with E-state index in [-0.39, 0.29) is 0 Å². The van der Waals surface area contributed by atoms with Crippen molar-refractivity contribution in [2.45, 2.75) is 45.1 Å². The number of hydrogen-bond donors (Lipinski definition) is 2. The molecule has 1 aromatic rings. The molecule has 1 rings (SSSR count). The van der Waals surface area contributed by atoms with E-state index in [0.29, 0.717) is 12.6 Å². The number of hydrogen-bond acceptors (Lipinski definition) is 2. The first-order chi connectivity index (χ1) is 8.67. The SMILES string of the molecule is CCCCCCC(CN)Nc1ccc(Cl)c(Br)c1. The second-order valence-corrected chi connectivity index (χ2v) is 5.82. The van der Waals surface area contributed by atoms with E-state index >= 15 is 0 Å². The van der Waals surface area contributed by atoms with Crippen molar-refractivity contribution in [1.82, 2.24) is 0 Å². The van der Waals surface area contributed by atoms with Gasteiger partial charge in [-0.3, -0.25) is 0 Å². The summed E-state index contributed by atoms with van der Waals surface area (Å²) in [5.41, 5.74) is 6.87. The summed E-state index contributed by atoms with van der Waals surface area (Å²) < 4.78 is 0.913. The van der Waals surface area contributed by atoms with E-state index in [1.54, 1.807) is 0 Å². The van der Waals surface area contributed by atoms with Crippen molar-refractivity contribution >= 4 is 33.2 Å². The Bertz CT molecular complexity index is 358. The summed E-state index contributed by atoms with van der Waals surface area (Å²) >= 11 is 9.40. The Balaban J connectivity index is 2.44. The van der Waals surface area contributed by atoms with Crippen molar-refractivity contribution < 1.29 is 0 Å². The van der Waals surface area contributed by atoms with Crippen molar-refractivity contribution in [3.8, 4) is 0 Å². The first-order valence-electron chi connectivity index (χ1n) is 6.59. The summed E-state index contributed by atoms with van der Waals surface area (Å²) in [7, 11) is 0. The van der Waals surface area contributed by atoms with E-state index in [2.05, 4.69) is 28.2 Å². The molecule has 0 bridgehead atoms. The van der Waals surface area contributed by atoms with Crippen LogP contribution in [-0.4, -0.2) is 12.6 Å². The van der Waals surface area contributed by atoms with Crippen LogP contribution in [-0.2, 0) is 0 Å². The van der Waals surface area contributed by atoms with E-state index in [1.807, 2.05) is 18.2 Å². The summed E-state index contributed by atoms with van der Waals surface area (Å²) in [6.07, 6.45) is 6.22. The van der Waals surface area contributed by atoms with Crippen LogP contribution in [0.5, 0.6) is 0 Å². The number of halogens is 2. The topological polar surface area (TPSA) is 38.0 Å². The second kappa shape index (κ2) is 8.78. The molecule has 0 aliphatic rings. The third-order valence-corrected chi connectivity index (χ3v) is 4.20. The molecule has 0 heterocycles. The minimum absolute atomic E-state index is 0.343. The van der Waals surface area contributed by atoms with Crippen molar-refractivity contribution in [3.05, 3.63) is 27.7 Å². The molecule has 0 saturated heterocycles. The smallest absolute Gasteiger partial charge is 0.0549 e. The first kappa shape index (κ1) is 15.8. The fraction of sp³-hybridized carbons (Fsp3) is 0.571. The molecule has 0 aromatic heterocycles. The summed E-state index contributed by atoms with van der Waals surface area (Å²) in [5, 5.41) is 4.19. The number of nitrogens with one attached hydrogen (secondary N) is 1. The Morgan fingerprint density at radius 1 is 1.33 bits per heavy atom. The van der Waals surface area contributed by atoms with Gasteiger partial charge in [0.25, 0.3) is 0 Å². The van der Waals surface area contributed by atoms with Gasteiger partial charge in [-0.05, 0) is 40.5 Å². The zero-order valence-electron chi connectivity index (χ0n) is 10.9. The fourth-order valence-corrected chi connectivity index (χ4v) is 2.38. The molecule has 4 heteroatoms. The van der Waals surface area contributed by atoms with Crippen LogP contribution in [0.4, 0.5) is 5.69 Å². The van der Waals surface area contributed by atoms with Gasteiger partial charge in [0.15, 0.2) is 0 Å². The predicted octanol–water partition coefficient (Wildman–Crippen LogP) is 4.81. The van der Waals surface area contributed by atoms with Crippen LogP contribution in [0.25, 0.3) is 0 Å². The number of anilines is 1. The van der Waals surface area contributed by atoms with Crippen LogP contribution in [0.2, 0.25) is 5.02 Å². The Hall–Kier alpha value is -0.250. The highest BCUT2D eigenvalue weighted by Crippen LogP contribution is 2.26. The van der Waals surface area contributed by atoms with Crippen LogP contribution >= 0.6 is 27.5 Å². The normalized spacial score (nSPS) is 12.4. The standard InChI is InChI=1S/C14H22BrClN2/c1-2-3-4-5-6-12(10-17)18-11-7-8-14(16)13(15)9-11/h7-9,12,18H,2-6,10,17H2,1H3. The van der Waals surface area contributed by atoms with Crippen LogP contribution in [0.3, 0.4) is 0 Å². The Morgan fingerprint density at radius 3 is 2.72 bits per heavy atom. The monoisotopic (exact) mass is 332 g/mol. The van der Waals surface area contributed by atoms with Gasteiger partial charge in [-0.1, -0.05) is 44.2 Å². The highest BCUT2D eigenvalue weighted by atomic mass is 79.9. The van der Waals surface area contributed by atoms with Crippen LogP contribution in [0.1, 0.15) is 39.0 Å². The Morgan fingerprint density at radius 2 is 2.11 bits per heavy atom. The van der Waals surface area contributed by atoms with Gasteiger partial charge in [0.1, 0.15) is 0 Å². The number of rotatable bonds is 8. The third kappa shape index (κ3) is 5.59. The van der Waals surface area contributed by atoms with E-state index in [9.17, 15) is 0 Å². The highest BCUT2D eigenvalue weighted by molar-refractivity contribution is 9.10. The lowest BCUT2D eigenvalue weighted by Gasteiger charge is -2.18. The zero-order valence-corrected chi connectivity index (χ0v) is 13.2. The summed E-state index contributed by atoms with van der Waals surface area (Å²) in [6, 6.07) is 6.22. The van der Waals surface area contributed by atoms with Gasteiger partial charge in [-0.15, -0.1) is 0 Å². The maximum Gasteiger partial charge on any atom is 0.0549 e. The van der Waals surface area contributed by atoms with Gasteiger partial charge in [0.05, 0.1) is 5.02 Å². The van der Waals surface area contributed by atoms with Crippen LogP contribution in [0, 0.1) is 0 Å². The van der Waals surface area contributed by atoms with Gasteiger partial charge in [0, 0.05) is 22.7 Å². The second-order valence-electron chi connectivity index (χ2n) is 4.56. The maximum atomic E-state index is 5.97. The van der Waals surface area contributed by atoms with Crippen LogP contribution in [0.15, 0.2) is 22.7 Å². The number of benzene rings is 1. The molecule has 0 aliphatic carbocycles. The van der Waals surface area contributed by atoms with E-state index in [0.717, 1.165) is 21.6 Å². The van der Waals surface area contributed by atoms with Gasteiger partial charge >= 0.3 is 0 Å². The lowest BCUT2D eigenvalue weighted by atomic mass is 10.1. The van der Waals surface area contributed by atoms with Crippen molar-refractivity contribution in [2.75, 3.05) is 11.9 Å². The highest BCUT2D eigenvalue weighted by Gasteiger charge is 2.07. The molecular formula is C14H22BrClN2. The van der Waals surface area contributed by atoms with Crippen molar-refractivity contribution in [3.63, 3.8) is 0 Å². The van der Waals surface area contributed by atoms with Gasteiger partial charge in [0.2, 0.25) is 0 Å². The molecule has 1 aromatic carbocycles. The quantitative estimate of drug-likeness (QED) is 0.670. The van der Waals surface area contributed by atoms with E-state index < -0.39 is 0 Å². The summed E-state index contributed by atoms with van der Waals surface area (Å²) in [5.74, 6) is 0. The first-order valence-corrected chi connectivity index (χ1v) is 7.76.